The Balaban J connectivity index is 2.34. The van der Waals surface area contributed by atoms with E-state index in [-0.39, 0.29) is 0 Å². The van der Waals surface area contributed by atoms with E-state index in [9.17, 15) is 0 Å². The van der Waals surface area contributed by atoms with Gasteiger partial charge >= 0.3 is 0 Å². The van der Waals surface area contributed by atoms with Crippen molar-refractivity contribution < 1.29 is 4.74 Å². The molecule has 0 aliphatic carbocycles. The van der Waals surface area contributed by atoms with Crippen LogP contribution in [-0.4, -0.2) is 27.7 Å². The molecule has 74 valence electrons. The molecule has 0 spiro atoms. The Hall–Kier alpha value is -1.14. The molecule has 2 rings (SSSR count). The molecule has 2 N–H and O–H groups in total. The standard InChI is InChI=1S/C8H9BrN4O/c9-6-5-11-7-1-2-8(12-13(6)7)14-4-3-10/h1-2,5H,3-4,10H2. The average molecular weight is 257 g/mol. The van der Waals surface area contributed by atoms with Crippen LogP contribution in [0.15, 0.2) is 22.9 Å². The number of fused-ring (bicyclic) bond motifs is 1. The molecule has 0 aromatic carbocycles. The smallest absolute Gasteiger partial charge is 0.231 e. The van der Waals surface area contributed by atoms with Gasteiger partial charge in [-0.3, -0.25) is 0 Å². The molecule has 0 bridgehead atoms. The average Bonchev–Trinajstić information content (AvgIpc) is 2.57. The number of halogens is 1. The Bertz CT molecular complexity index is 442. The van der Waals surface area contributed by atoms with Crippen molar-refractivity contribution in [3.8, 4) is 5.88 Å². The van der Waals surface area contributed by atoms with Gasteiger partial charge in [0.15, 0.2) is 5.65 Å². The minimum atomic E-state index is 0.463. The monoisotopic (exact) mass is 256 g/mol. The number of hydrogen-bond acceptors (Lipinski definition) is 4. The topological polar surface area (TPSA) is 65.4 Å². The van der Waals surface area contributed by atoms with E-state index in [4.69, 9.17) is 10.5 Å². The molecule has 0 atom stereocenters. The number of hydrogen-bond donors (Lipinski definition) is 1. The third-order valence-corrected chi connectivity index (χ3v) is 2.20. The first-order valence-electron chi connectivity index (χ1n) is 4.14. The first-order valence-corrected chi connectivity index (χ1v) is 4.94. The van der Waals surface area contributed by atoms with E-state index in [1.165, 1.54) is 0 Å². The number of nitrogens with two attached hydrogens (primary N) is 1. The van der Waals surface area contributed by atoms with Crippen LogP contribution in [0, 0.1) is 0 Å². The molecule has 2 heterocycles. The summed E-state index contributed by atoms with van der Waals surface area (Å²) >= 11 is 3.33. The van der Waals surface area contributed by atoms with E-state index in [0.29, 0.717) is 19.0 Å². The molecule has 0 fully saturated rings. The van der Waals surface area contributed by atoms with E-state index in [1.54, 1.807) is 16.8 Å². The molecular formula is C8H9BrN4O. The summed E-state index contributed by atoms with van der Waals surface area (Å²) in [5.74, 6) is 0.543. The summed E-state index contributed by atoms with van der Waals surface area (Å²) in [6, 6.07) is 3.61. The zero-order chi connectivity index (χ0) is 9.97. The van der Waals surface area contributed by atoms with E-state index in [1.807, 2.05) is 6.07 Å². The number of rotatable bonds is 3. The van der Waals surface area contributed by atoms with Gasteiger partial charge in [-0.2, -0.15) is 0 Å². The predicted molar refractivity (Wildman–Crippen MR) is 55.2 cm³/mol. The normalized spacial score (nSPS) is 10.7. The Morgan fingerprint density at radius 1 is 1.50 bits per heavy atom. The summed E-state index contributed by atoms with van der Waals surface area (Å²) in [5, 5.41) is 4.20. The minimum Gasteiger partial charge on any atom is -0.475 e. The highest BCUT2D eigenvalue weighted by Crippen LogP contribution is 2.14. The zero-order valence-corrected chi connectivity index (χ0v) is 8.94. The first-order chi connectivity index (χ1) is 6.81. The van der Waals surface area contributed by atoms with Crippen LogP contribution in [0.25, 0.3) is 5.65 Å². The van der Waals surface area contributed by atoms with Gasteiger partial charge in [0, 0.05) is 12.6 Å². The Morgan fingerprint density at radius 2 is 2.36 bits per heavy atom. The molecule has 14 heavy (non-hydrogen) atoms. The van der Waals surface area contributed by atoms with Gasteiger partial charge in [0.2, 0.25) is 5.88 Å². The quantitative estimate of drug-likeness (QED) is 0.884. The molecule has 2 aromatic heterocycles. The summed E-state index contributed by atoms with van der Waals surface area (Å²) < 4.78 is 7.74. The van der Waals surface area contributed by atoms with Crippen molar-refractivity contribution in [1.29, 1.82) is 0 Å². The summed E-state index contributed by atoms with van der Waals surface area (Å²) in [5.41, 5.74) is 6.09. The summed E-state index contributed by atoms with van der Waals surface area (Å²) in [7, 11) is 0. The zero-order valence-electron chi connectivity index (χ0n) is 7.35. The summed E-state index contributed by atoms with van der Waals surface area (Å²) in [6.07, 6.45) is 1.69. The van der Waals surface area contributed by atoms with Crippen molar-refractivity contribution in [2.75, 3.05) is 13.2 Å². The van der Waals surface area contributed by atoms with E-state index >= 15 is 0 Å². The van der Waals surface area contributed by atoms with Gasteiger partial charge in [-0.15, -0.1) is 5.10 Å². The van der Waals surface area contributed by atoms with Gasteiger partial charge in [-0.1, -0.05) is 0 Å². The van der Waals surface area contributed by atoms with Crippen LogP contribution in [0.3, 0.4) is 0 Å². The molecule has 6 heteroatoms. The van der Waals surface area contributed by atoms with E-state index < -0.39 is 0 Å². The van der Waals surface area contributed by atoms with Crippen molar-refractivity contribution in [3.05, 3.63) is 22.9 Å². The molecular weight excluding hydrogens is 248 g/mol. The van der Waals surface area contributed by atoms with Gasteiger partial charge in [0.1, 0.15) is 11.2 Å². The highest BCUT2D eigenvalue weighted by molar-refractivity contribution is 9.10. The Kier molecular flexibility index (Phi) is 2.64. The second-order valence-electron chi connectivity index (χ2n) is 2.66. The van der Waals surface area contributed by atoms with Crippen molar-refractivity contribution in [2.24, 2.45) is 5.73 Å². The summed E-state index contributed by atoms with van der Waals surface area (Å²) in [6.45, 7) is 0.940. The SMILES string of the molecule is NCCOc1ccc2ncc(Br)n2n1. The maximum absolute atomic E-state index is 5.32. The fourth-order valence-electron chi connectivity index (χ4n) is 1.07. The molecule has 2 aromatic rings. The lowest BCUT2D eigenvalue weighted by Gasteiger charge is -2.03. The van der Waals surface area contributed by atoms with Crippen LogP contribution in [0.1, 0.15) is 0 Å². The number of imidazole rings is 1. The van der Waals surface area contributed by atoms with Gasteiger partial charge in [0.05, 0.1) is 6.20 Å². The maximum atomic E-state index is 5.32. The lowest BCUT2D eigenvalue weighted by atomic mass is 10.5. The largest absolute Gasteiger partial charge is 0.475 e. The molecule has 0 saturated carbocycles. The van der Waals surface area contributed by atoms with Gasteiger partial charge in [-0.25, -0.2) is 9.50 Å². The van der Waals surface area contributed by atoms with Crippen molar-refractivity contribution in [3.63, 3.8) is 0 Å². The molecule has 0 aliphatic heterocycles. The van der Waals surface area contributed by atoms with Gasteiger partial charge < -0.3 is 10.5 Å². The van der Waals surface area contributed by atoms with Crippen LogP contribution in [0.4, 0.5) is 0 Å². The molecule has 5 nitrogen and oxygen atoms in total. The van der Waals surface area contributed by atoms with Crippen LogP contribution in [0.5, 0.6) is 5.88 Å². The fourth-order valence-corrected chi connectivity index (χ4v) is 1.43. The Morgan fingerprint density at radius 3 is 3.14 bits per heavy atom. The van der Waals surface area contributed by atoms with Gasteiger partial charge in [-0.05, 0) is 22.0 Å². The lowest BCUT2D eigenvalue weighted by molar-refractivity contribution is 0.310. The van der Waals surface area contributed by atoms with Crippen LogP contribution >= 0.6 is 15.9 Å². The van der Waals surface area contributed by atoms with Crippen molar-refractivity contribution in [1.82, 2.24) is 14.6 Å². The van der Waals surface area contributed by atoms with Crippen molar-refractivity contribution in [2.45, 2.75) is 0 Å². The lowest BCUT2D eigenvalue weighted by Crippen LogP contribution is -2.11. The maximum Gasteiger partial charge on any atom is 0.231 e. The molecule has 0 aliphatic rings. The molecule has 0 radical (unpaired) electrons. The number of nitrogens with zero attached hydrogens (tertiary/aromatic N) is 3. The number of aromatic nitrogens is 3. The highest BCUT2D eigenvalue weighted by Gasteiger charge is 2.02. The van der Waals surface area contributed by atoms with Crippen LogP contribution < -0.4 is 10.5 Å². The number of ether oxygens (including phenoxy) is 1. The first kappa shape index (κ1) is 9.42. The van der Waals surface area contributed by atoms with Gasteiger partial charge in [0.25, 0.3) is 0 Å². The van der Waals surface area contributed by atoms with Crippen LogP contribution in [-0.2, 0) is 0 Å². The predicted octanol–water partition coefficient (Wildman–Crippen LogP) is 0.829. The highest BCUT2D eigenvalue weighted by atomic mass is 79.9. The summed E-state index contributed by atoms with van der Waals surface area (Å²) in [4.78, 5) is 4.11. The second-order valence-corrected chi connectivity index (χ2v) is 3.47. The second kappa shape index (κ2) is 3.93. The third kappa shape index (κ3) is 1.71. The molecule has 0 unspecified atom stereocenters. The van der Waals surface area contributed by atoms with Crippen molar-refractivity contribution >= 4 is 21.6 Å². The Labute approximate surface area is 89.0 Å². The third-order valence-electron chi connectivity index (χ3n) is 1.66. The van der Waals surface area contributed by atoms with E-state index in [2.05, 4.69) is 26.0 Å². The fraction of sp³-hybridized carbons (Fsp3) is 0.250. The van der Waals surface area contributed by atoms with Crippen LogP contribution in [0.2, 0.25) is 0 Å². The molecule has 0 amide bonds. The molecule has 0 saturated heterocycles. The minimum absolute atomic E-state index is 0.463. The van der Waals surface area contributed by atoms with E-state index in [0.717, 1.165) is 10.3 Å².